The maximum atomic E-state index is 12.3. The van der Waals surface area contributed by atoms with Crippen LogP contribution in [0.25, 0.3) is 0 Å². The van der Waals surface area contributed by atoms with Crippen LogP contribution in [0.3, 0.4) is 0 Å². The van der Waals surface area contributed by atoms with E-state index in [1.165, 1.54) is 5.56 Å². The third kappa shape index (κ3) is 3.21. The van der Waals surface area contributed by atoms with Crippen LogP contribution < -0.4 is 5.32 Å². The van der Waals surface area contributed by atoms with Crippen molar-refractivity contribution in [1.82, 2.24) is 4.90 Å². The minimum atomic E-state index is 0.0158. The van der Waals surface area contributed by atoms with Crippen molar-refractivity contribution in [3.05, 3.63) is 29.8 Å². The van der Waals surface area contributed by atoms with Gasteiger partial charge in [0.05, 0.1) is 6.61 Å². The molecule has 4 nitrogen and oxygen atoms in total. The SMILES string of the molecule is CCCc1ccc(NC(=O)N2CCC3(CCOC3)C2)cc1. The van der Waals surface area contributed by atoms with Crippen LogP contribution in [0.2, 0.25) is 0 Å². The standard InChI is InChI=1S/C17H24N2O2/c1-2-3-14-4-6-15(7-5-14)18-16(20)19-10-8-17(12-19)9-11-21-13-17/h4-7H,2-3,8-13H2,1H3,(H,18,20). The summed E-state index contributed by atoms with van der Waals surface area (Å²) in [6, 6.07) is 8.19. The maximum absolute atomic E-state index is 12.3. The molecule has 2 heterocycles. The zero-order valence-electron chi connectivity index (χ0n) is 12.7. The largest absolute Gasteiger partial charge is 0.381 e. The summed E-state index contributed by atoms with van der Waals surface area (Å²) < 4.78 is 5.51. The molecular formula is C17H24N2O2. The third-order valence-corrected chi connectivity index (χ3v) is 4.65. The van der Waals surface area contributed by atoms with E-state index in [0.717, 1.165) is 57.7 Å². The molecule has 1 unspecified atom stereocenters. The topological polar surface area (TPSA) is 41.6 Å². The lowest BCUT2D eigenvalue weighted by molar-refractivity contribution is 0.154. The summed E-state index contributed by atoms with van der Waals surface area (Å²) >= 11 is 0. The highest BCUT2D eigenvalue weighted by molar-refractivity contribution is 5.89. The average molecular weight is 288 g/mol. The lowest BCUT2D eigenvalue weighted by Gasteiger charge is -2.22. The molecule has 1 spiro atoms. The zero-order valence-corrected chi connectivity index (χ0v) is 12.7. The lowest BCUT2D eigenvalue weighted by atomic mass is 9.87. The number of hydrogen-bond acceptors (Lipinski definition) is 2. The summed E-state index contributed by atoms with van der Waals surface area (Å²) in [4.78, 5) is 14.3. The monoisotopic (exact) mass is 288 g/mol. The minimum Gasteiger partial charge on any atom is -0.381 e. The molecule has 1 N–H and O–H groups in total. The Labute approximate surface area is 126 Å². The molecule has 4 heteroatoms. The van der Waals surface area contributed by atoms with E-state index in [1.54, 1.807) is 0 Å². The highest BCUT2D eigenvalue weighted by Gasteiger charge is 2.42. The smallest absolute Gasteiger partial charge is 0.321 e. The molecule has 2 aliphatic heterocycles. The normalized spacial score (nSPS) is 24.7. The van der Waals surface area contributed by atoms with Gasteiger partial charge in [0.15, 0.2) is 0 Å². The van der Waals surface area contributed by atoms with Crippen molar-refractivity contribution in [3.8, 4) is 0 Å². The van der Waals surface area contributed by atoms with Gasteiger partial charge in [-0.3, -0.25) is 0 Å². The Morgan fingerprint density at radius 1 is 1.33 bits per heavy atom. The summed E-state index contributed by atoms with van der Waals surface area (Å²) in [5.41, 5.74) is 2.42. The third-order valence-electron chi connectivity index (χ3n) is 4.65. The summed E-state index contributed by atoms with van der Waals surface area (Å²) in [5.74, 6) is 0. The highest BCUT2D eigenvalue weighted by Crippen LogP contribution is 2.38. The number of likely N-dealkylation sites (tertiary alicyclic amines) is 1. The number of nitrogens with zero attached hydrogens (tertiary/aromatic N) is 1. The molecule has 1 aromatic carbocycles. The molecule has 1 atom stereocenters. The molecule has 0 bridgehead atoms. The Morgan fingerprint density at radius 2 is 2.14 bits per heavy atom. The van der Waals surface area contributed by atoms with Crippen molar-refractivity contribution in [2.45, 2.75) is 32.6 Å². The number of urea groups is 1. The molecule has 2 aliphatic rings. The molecule has 2 amide bonds. The fraction of sp³-hybridized carbons (Fsp3) is 0.588. The van der Waals surface area contributed by atoms with Gasteiger partial charge >= 0.3 is 6.03 Å². The number of benzene rings is 1. The Kier molecular flexibility index (Phi) is 4.15. The molecule has 0 saturated carbocycles. The Morgan fingerprint density at radius 3 is 2.81 bits per heavy atom. The van der Waals surface area contributed by atoms with E-state index in [4.69, 9.17) is 4.74 Å². The summed E-state index contributed by atoms with van der Waals surface area (Å²) in [7, 11) is 0. The highest BCUT2D eigenvalue weighted by atomic mass is 16.5. The van der Waals surface area contributed by atoms with Crippen molar-refractivity contribution < 1.29 is 9.53 Å². The summed E-state index contributed by atoms with van der Waals surface area (Å²) in [6.07, 6.45) is 4.38. The molecule has 2 saturated heterocycles. The first-order valence-corrected chi connectivity index (χ1v) is 7.93. The number of amides is 2. The first-order chi connectivity index (χ1) is 10.2. The van der Waals surface area contributed by atoms with Crippen molar-refractivity contribution in [3.63, 3.8) is 0 Å². The Balaban J connectivity index is 1.56. The second kappa shape index (κ2) is 6.06. The number of rotatable bonds is 3. The Hall–Kier alpha value is -1.55. The number of carbonyl (C=O) groups is 1. The summed E-state index contributed by atoms with van der Waals surface area (Å²) in [6.45, 7) is 5.48. The predicted octanol–water partition coefficient (Wildman–Crippen LogP) is 3.28. The fourth-order valence-corrected chi connectivity index (χ4v) is 3.33. The van der Waals surface area contributed by atoms with E-state index < -0.39 is 0 Å². The number of nitrogens with one attached hydrogen (secondary N) is 1. The van der Waals surface area contributed by atoms with Gasteiger partial charge in [0.1, 0.15) is 0 Å². The molecule has 114 valence electrons. The van der Waals surface area contributed by atoms with E-state index in [1.807, 2.05) is 17.0 Å². The summed E-state index contributed by atoms with van der Waals surface area (Å²) in [5, 5.41) is 3.01. The van der Waals surface area contributed by atoms with E-state index in [-0.39, 0.29) is 11.4 Å². The molecular weight excluding hydrogens is 264 g/mol. The fourth-order valence-electron chi connectivity index (χ4n) is 3.33. The molecule has 2 fully saturated rings. The Bertz CT molecular complexity index is 492. The maximum Gasteiger partial charge on any atom is 0.321 e. The van der Waals surface area contributed by atoms with Crippen LogP contribution in [0.4, 0.5) is 10.5 Å². The number of ether oxygens (including phenoxy) is 1. The van der Waals surface area contributed by atoms with Gasteiger partial charge in [-0.05, 0) is 37.0 Å². The van der Waals surface area contributed by atoms with Gasteiger partial charge in [0, 0.05) is 30.8 Å². The lowest BCUT2D eigenvalue weighted by Crippen LogP contribution is -2.35. The number of hydrogen-bond donors (Lipinski definition) is 1. The molecule has 0 radical (unpaired) electrons. The van der Waals surface area contributed by atoms with Gasteiger partial charge in [-0.25, -0.2) is 4.79 Å². The van der Waals surface area contributed by atoms with E-state index >= 15 is 0 Å². The van der Waals surface area contributed by atoms with Gasteiger partial charge in [0.2, 0.25) is 0 Å². The van der Waals surface area contributed by atoms with Gasteiger partial charge in [-0.2, -0.15) is 0 Å². The number of aryl methyl sites for hydroxylation is 1. The second-order valence-corrected chi connectivity index (χ2v) is 6.35. The van der Waals surface area contributed by atoms with Crippen molar-refractivity contribution in [2.75, 3.05) is 31.6 Å². The molecule has 0 aromatic heterocycles. The average Bonchev–Trinajstić information content (AvgIpc) is 3.12. The van der Waals surface area contributed by atoms with Crippen LogP contribution in [-0.2, 0) is 11.2 Å². The van der Waals surface area contributed by atoms with Crippen LogP contribution in [0.15, 0.2) is 24.3 Å². The number of carbonyl (C=O) groups excluding carboxylic acids is 1. The van der Waals surface area contributed by atoms with Crippen LogP contribution >= 0.6 is 0 Å². The van der Waals surface area contributed by atoms with Gasteiger partial charge in [-0.15, -0.1) is 0 Å². The van der Waals surface area contributed by atoms with E-state index in [0.29, 0.717) is 0 Å². The molecule has 1 aromatic rings. The zero-order chi connectivity index (χ0) is 14.7. The van der Waals surface area contributed by atoms with Crippen molar-refractivity contribution >= 4 is 11.7 Å². The van der Waals surface area contributed by atoms with Gasteiger partial charge in [0.25, 0.3) is 0 Å². The molecule has 3 rings (SSSR count). The quantitative estimate of drug-likeness (QED) is 0.927. The predicted molar refractivity (Wildman–Crippen MR) is 83.5 cm³/mol. The molecule has 21 heavy (non-hydrogen) atoms. The first-order valence-electron chi connectivity index (χ1n) is 7.93. The van der Waals surface area contributed by atoms with Gasteiger partial charge in [-0.1, -0.05) is 25.5 Å². The van der Waals surface area contributed by atoms with Crippen LogP contribution in [0, 0.1) is 5.41 Å². The van der Waals surface area contributed by atoms with Crippen LogP contribution in [-0.4, -0.2) is 37.2 Å². The molecule has 0 aliphatic carbocycles. The van der Waals surface area contributed by atoms with Gasteiger partial charge < -0.3 is 15.0 Å². The van der Waals surface area contributed by atoms with Crippen molar-refractivity contribution in [1.29, 1.82) is 0 Å². The van der Waals surface area contributed by atoms with E-state index in [9.17, 15) is 4.79 Å². The van der Waals surface area contributed by atoms with Crippen molar-refractivity contribution in [2.24, 2.45) is 5.41 Å². The first kappa shape index (κ1) is 14.4. The minimum absolute atomic E-state index is 0.0158. The number of anilines is 1. The van der Waals surface area contributed by atoms with Crippen LogP contribution in [0.1, 0.15) is 31.7 Å². The van der Waals surface area contributed by atoms with E-state index in [2.05, 4.69) is 24.4 Å². The second-order valence-electron chi connectivity index (χ2n) is 6.35. The van der Waals surface area contributed by atoms with Crippen LogP contribution in [0.5, 0.6) is 0 Å².